The lowest BCUT2D eigenvalue weighted by Gasteiger charge is -2.23. The van der Waals surface area contributed by atoms with Gasteiger partial charge in [0.2, 0.25) is 5.28 Å². The van der Waals surface area contributed by atoms with Crippen LogP contribution in [0.5, 0.6) is 0 Å². The van der Waals surface area contributed by atoms with Gasteiger partial charge in [-0.2, -0.15) is 5.10 Å². The standard InChI is InChI=1S/C21H20BrClN4OS/c1-2-6-15-17(22)19-20(29-15)18(25-21(23)26-19)12-7-5-8-14-13(12)11-24-27(14)16-9-3-4-10-28-16/h5,7-8,11,16H,2-4,6,9-10H2,1H3. The van der Waals surface area contributed by atoms with E-state index >= 15 is 0 Å². The van der Waals surface area contributed by atoms with Crippen LogP contribution in [0.3, 0.4) is 0 Å². The fraction of sp³-hybridized carbons (Fsp3) is 0.381. The second-order valence-corrected chi connectivity index (χ2v) is 9.49. The predicted octanol–water partition coefficient (Wildman–Crippen LogP) is 6.78. The van der Waals surface area contributed by atoms with Crippen LogP contribution in [0, 0.1) is 0 Å². The number of hydrogen-bond donors (Lipinski definition) is 0. The van der Waals surface area contributed by atoms with Gasteiger partial charge < -0.3 is 4.74 Å². The first-order chi connectivity index (χ1) is 14.2. The van der Waals surface area contributed by atoms with Crippen molar-refractivity contribution < 1.29 is 4.74 Å². The minimum absolute atomic E-state index is 0.00227. The Balaban J connectivity index is 1.70. The van der Waals surface area contributed by atoms with Crippen LogP contribution >= 0.6 is 38.9 Å². The molecule has 1 saturated heterocycles. The summed E-state index contributed by atoms with van der Waals surface area (Å²) in [6, 6.07) is 6.23. The normalized spacial score (nSPS) is 17.4. The maximum atomic E-state index is 6.33. The van der Waals surface area contributed by atoms with Gasteiger partial charge in [-0.15, -0.1) is 11.3 Å². The molecule has 1 atom stereocenters. The quantitative estimate of drug-likeness (QED) is 0.295. The number of halogens is 2. The van der Waals surface area contributed by atoms with Gasteiger partial charge in [0.1, 0.15) is 5.52 Å². The van der Waals surface area contributed by atoms with Crippen LogP contribution in [0.15, 0.2) is 28.9 Å². The summed E-state index contributed by atoms with van der Waals surface area (Å²) < 4.78 is 10.1. The van der Waals surface area contributed by atoms with Crippen molar-refractivity contribution >= 4 is 60.0 Å². The topological polar surface area (TPSA) is 52.8 Å². The Bertz CT molecular complexity index is 1200. The van der Waals surface area contributed by atoms with Gasteiger partial charge in [0.15, 0.2) is 6.23 Å². The molecule has 1 fully saturated rings. The van der Waals surface area contributed by atoms with Crippen LogP contribution in [0.2, 0.25) is 5.28 Å². The zero-order valence-electron chi connectivity index (χ0n) is 16.0. The van der Waals surface area contributed by atoms with Crippen molar-refractivity contribution in [1.82, 2.24) is 19.7 Å². The molecule has 0 aliphatic carbocycles. The minimum Gasteiger partial charge on any atom is -0.356 e. The van der Waals surface area contributed by atoms with Crippen LogP contribution in [0.1, 0.15) is 43.7 Å². The van der Waals surface area contributed by atoms with Crippen LogP contribution in [-0.4, -0.2) is 26.4 Å². The largest absolute Gasteiger partial charge is 0.356 e. The third kappa shape index (κ3) is 3.38. The molecule has 0 amide bonds. The van der Waals surface area contributed by atoms with E-state index in [4.69, 9.17) is 16.3 Å². The average molecular weight is 492 g/mol. The van der Waals surface area contributed by atoms with E-state index in [9.17, 15) is 0 Å². The summed E-state index contributed by atoms with van der Waals surface area (Å²) in [5, 5.41) is 5.98. The molecular weight excluding hydrogens is 472 g/mol. The van der Waals surface area contributed by atoms with E-state index in [1.54, 1.807) is 11.3 Å². The summed E-state index contributed by atoms with van der Waals surface area (Å²) in [5.74, 6) is 0. The summed E-state index contributed by atoms with van der Waals surface area (Å²) >= 11 is 11.8. The van der Waals surface area contributed by atoms with Gasteiger partial charge in [0.25, 0.3) is 0 Å². The van der Waals surface area contributed by atoms with Crippen LogP contribution in [0.4, 0.5) is 0 Å². The van der Waals surface area contributed by atoms with Gasteiger partial charge in [-0.1, -0.05) is 25.5 Å². The summed E-state index contributed by atoms with van der Waals surface area (Å²) in [5.41, 5.74) is 3.83. The number of thiophene rings is 1. The molecule has 0 N–H and O–H groups in total. The third-order valence-corrected chi connectivity index (χ3v) is 7.85. The molecule has 0 saturated carbocycles. The number of aryl methyl sites for hydroxylation is 1. The van der Waals surface area contributed by atoms with E-state index in [-0.39, 0.29) is 11.5 Å². The van der Waals surface area contributed by atoms with E-state index in [0.29, 0.717) is 0 Å². The Morgan fingerprint density at radius 2 is 2.21 bits per heavy atom. The van der Waals surface area contributed by atoms with Gasteiger partial charge in [-0.25, -0.2) is 14.6 Å². The number of fused-ring (bicyclic) bond motifs is 2. The first-order valence-corrected chi connectivity index (χ1v) is 11.9. The molecule has 3 aromatic heterocycles. The van der Waals surface area contributed by atoms with Crippen molar-refractivity contribution in [3.8, 4) is 11.3 Å². The molecular formula is C21H20BrClN4OS. The Hall–Kier alpha value is -1.54. The second kappa shape index (κ2) is 7.95. The Morgan fingerprint density at radius 3 is 3.00 bits per heavy atom. The van der Waals surface area contributed by atoms with Crippen molar-refractivity contribution in [3.63, 3.8) is 0 Å². The molecule has 4 heterocycles. The number of nitrogens with zero attached hydrogens (tertiary/aromatic N) is 4. The van der Waals surface area contributed by atoms with Gasteiger partial charge in [-0.05, 0) is 59.3 Å². The average Bonchev–Trinajstić information content (AvgIpc) is 3.31. The van der Waals surface area contributed by atoms with Crippen LogP contribution in [0.25, 0.3) is 32.4 Å². The highest BCUT2D eigenvalue weighted by Crippen LogP contribution is 2.42. The van der Waals surface area contributed by atoms with E-state index in [1.807, 2.05) is 10.9 Å². The van der Waals surface area contributed by atoms with E-state index in [1.165, 1.54) is 4.88 Å². The second-order valence-electron chi connectivity index (χ2n) is 7.26. The molecule has 0 bridgehead atoms. The highest BCUT2D eigenvalue weighted by Gasteiger charge is 2.22. The molecule has 150 valence electrons. The lowest BCUT2D eigenvalue weighted by molar-refractivity contribution is -0.0366. The summed E-state index contributed by atoms with van der Waals surface area (Å²) in [6.07, 6.45) is 7.26. The number of aromatic nitrogens is 4. The zero-order chi connectivity index (χ0) is 20.0. The number of hydrogen-bond acceptors (Lipinski definition) is 5. The minimum atomic E-state index is -0.00227. The van der Waals surface area contributed by atoms with Crippen molar-refractivity contribution in [2.24, 2.45) is 0 Å². The molecule has 1 aliphatic heterocycles. The van der Waals surface area contributed by atoms with E-state index < -0.39 is 0 Å². The first-order valence-electron chi connectivity index (χ1n) is 9.90. The Kier molecular flexibility index (Phi) is 5.32. The van der Waals surface area contributed by atoms with E-state index in [0.717, 1.165) is 75.6 Å². The van der Waals surface area contributed by atoms with Crippen LogP contribution in [-0.2, 0) is 11.2 Å². The van der Waals surface area contributed by atoms with Crippen LogP contribution < -0.4 is 0 Å². The van der Waals surface area contributed by atoms with Gasteiger partial charge in [0.05, 0.1) is 26.6 Å². The van der Waals surface area contributed by atoms with Crippen molar-refractivity contribution in [2.45, 2.75) is 45.3 Å². The fourth-order valence-electron chi connectivity index (χ4n) is 3.96. The third-order valence-electron chi connectivity index (χ3n) is 5.32. The number of rotatable bonds is 4. The van der Waals surface area contributed by atoms with Gasteiger partial charge in [-0.3, -0.25) is 0 Å². The van der Waals surface area contributed by atoms with Gasteiger partial charge >= 0.3 is 0 Å². The SMILES string of the molecule is CCCc1sc2c(-c3cccc4c3cnn4C3CCCCO3)nc(Cl)nc2c1Br. The Morgan fingerprint density at radius 1 is 1.31 bits per heavy atom. The highest BCUT2D eigenvalue weighted by atomic mass is 79.9. The molecule has 4 aromatic rings. The molecule has 5 nitrogen and oxygen atoms in total. The summed E-state index contributed by atoms with van der Waals surface area (Å²) in [6.45, 7) is 2.97. The lowest BCUT2D eigenvalue weighted by Crippen LogP contribution is -2.18. The zero-order valence-corrected chi connectivity index (χ0v) is 19.1. The summed E-state index contributed by atoms with van der Waals surface area (Å²) in [7, 11) is 0. The first kappa shape index (κ1) is 19.4. The maximum absolute atomic E-state index is 6.33. The molecule has 5 rings (SSSR count). The molecule has 0 spiro atoms. The van der Waals surface area contributed by atoms with Crippen molar-refractivity contribution in [3.05, 3.63) is 39.0 Å². The Labute approximate surface area is 186 Å². The van der Waals surface area contributed by atoms with Gasteiger partial charge in [0, 0.05) is 22.4 Å². The molecule has 8 heteroatoms. The summed E-state index contributed by atoms with van der Waals surface area (Å²) in [4.78, 5) is 10.4. The number of ether oxygens (including phenoxy) is 1. The lowest BCUT2D eigenvalue weighted by atomic mass is 10.1. The predicted molar refractivity (Wildman–Crippen MR) is 122 cm³/mol. The molecule has 29 heavy (non-hydrogen) atoms. The van der Waals surface area contributed by atoms with Crippen molar-refractivity contribution in [1.29, 1.82) is 0 Å². The molecule has 1 unspecified atom stereocenters. The molecule has 0 radical (unpaired) electrons. The monoisotopic (exact) mass is 490 g/mol. The molecule has 1 aliphatic rings. The maximum Gasteiger partial charge on any atom is 0.223 e. The van der Waals surface area contributed by atoms with Crippen molar-refractivity contribution in [2.75, 3.05) is 6.61 Å². The van der Waals surface area contributed by atoms with E-state index in [2.05, 4.69) is 56.1 Å². The highest BCUT2D eigenvalue weighted by molar-refractivity contribution is 9.10. The number of benzene rings is 1. The fourth-order valence-corrected chi connectivity index (χ4v) is 6.23. The smallest absolute Gasteiger partial charge is 0.223 e. The molecule has 1 aromatic carbocycles.